The van der Waals surface area contributed by atoms with Crippen LogP contribution in [0.15, 0.2) is 22.6 Å². The Hall–Kier alpha value is -1.84. The second-order valence-corrected chi connectivity index (χ2v) is 5.02. The van der Waals surface area contributed by atoms with Crippen molar-refractivity contribution in [3.8, 4) is 0 Å². The van der Waals surface area contributed by atoms with Gasteiger partial charge in [-0.15, -0.1) is 0 Å². The fourth-order valence-electron chi connectivity index (χ4n) is 2.81. The number of para-hydroxylation sites is 1. The fraction of sp³-hybridized carbons (Fsp3) is 0.429. The lowest BCUT2D eigenvalue weighted by Gasteiger charge is -2.09. The first kappa shape index (κ1) is 11.3. The van der Waals surface area contributed by atoms with Crippen molar-refractivity contribution in [2.75, 3.05) is 0 Å². The lowest BCUT2D eigenvalue weighted by molar-refractivity contribution is 0.0699. The lowest BCUT2D eigenvalue weighted by atomic mass is 9.98. The summed E-state index contributed by atoms with van der Waals surface area (Å²) in [6, 6.07) is 5.03. The van der Waals surface area contributed by atoms with E-state index in [1.165, 1.54) is 12.8 Å². The predicted octanol–water partition coefficient (Wildman–Crippen LogP) is 3.43. The molecular weight excluding hydrogens is 230 g/mol. The normalized spacial score (nSPS) is 23.6. The third kappa shape index (κ3) is 1.68. The number of rotatable bonds is 2. The van der Waals surface area contributed by atoms with E-state index in [1.54, 1.807) is 18.2 Å². The van der Waals surface area contributed by atoms with Crippen LogP contribution in [-0.2, 0) is 0 Å². The van der Waals surface area contributed by atoms with E-state index in [1.807, 2.05) is 0 Å². The number of oxazole rings is 1. The maximum absolute atomic E-state index is 11.1. The third-order valence-electron chi connectivity index (χ3n) is 3.84. The summed E-state index contributed by atoms with van der Waals surface area (Å²) in [6.07, 6.45) is 3.46. The molecule has 0 amide bonds. The largest absolute Gasteiger partial charge is 0.478 e. The van der Waals surface area contributed by atoms with Crippen LogP contribution in [0.2, 0.25) is 0 Å². The summed E-state index contributed by atoms with van der Waals surface area (Å²) in [4.78, 5) is 15.5. The van der Waals surface area contributed by atoms with Crippen molar-refractivity contribution in [2.24, 2.45) is 5.92 Å². The van der Waals surface area contributed by atoms with Gasteiger partial charge in [-0.05, 0) is 30.9 Å². The zero-order chi connectivity index (χ0) is 12.7. The Morgan fingerprint density at radius 3 is 2.94 bits per heavy atom. The zero-order valence-electron chi connectivity index (χ0n) is 10.2. The molecule has 1 aromatic carbocycles. The van der Waals surface area contributed by atoms with Gasteiger partial charge in [-0.3, -0.25) is 0 Å². The lowest BCUT2D eigenvalue weighted by Crippen LogP contribution is -2.02. The summed E-state index contributed by atoms with van der Waals surface area (Å²) in [5, 5.41) is 9.13. The van der Waals surface area contributed by atoms with Crippen molar-refractivity contribution in [3.05, 3.63) is 29.7 Å². The number of nitrogens with zero attached hydrogens (tertiary/aromatic N) is 1. The third-order valence-corrected chi connectivity index (χ3v) is 3.84. The molecule has 18 heavy (non-hydrogen) atoms. The molecule has 94 valence electrons. The number of carboxylic acid groups (broad SMARTS) is 1. The Morgan fingerprint density at radius 2 is 2.28 bits per heavy atom. The number of carbonyl (C=O) groups is 1. The molecule has 1 fully saturated rings. The number of fused-ring (bicyclic) bond motifs is 1. The average Bonchev–Trinajstić information content (AvgIpc) is 2.92. The van der Waals surface area contributed by atoms with Gasteiger partial charge < -0.3 is 9.52 Å². The Kier molecular flexibility index (Phi) is 2.58. The summed E-state index contributed by atoms with van der Waals surface area (Å²) in [5.74, 6) is 0.633. The van der Waals surface area contributed by atoms with E-state index >= 15 is 0 Å². The van der Waals surface area contributed by atoms with Crippen LogP contribution in [0.4, 0.5) is 0 Å². The van der Waals surface area contributed by atoms with Crippen LogP contribution in [0.25, 0.3) is 11.1 Å². The van der Waals surface area contributed by atoms with Gasteiger partial charge in [0.15, 0.2) is 11.5 Å². The van der Waals surface area contributed by atoms with Crippen molar-refractivity contribution in [2.45, 2.75) is 32.1 Å². The molecule has 2 atom stereocenters. The number of benzene rings is 1. The standard InChI is InChI=1S/C14H15NO3/c1-8-4-2-5-9(8)13-15-12-10(14(16)17)6-3-7-11(12)18-13/h3,6-9H,2,4-5H2,1H3,(H,16,17). The average molecular weight is 245 g/mol. The van der Waals surface area contributed by atoms with Crippen molar-refractivity contribution >= 4 is 17.1 Å². The van der Waals surface area contributed by atoms with Gasteiger partial charge >= 0.3 is 5.97 Å². The van der Waals surface area contributed by atoms with Crippen LogP contribution in [0.3, 0.4) is 0 Å². The summed E-state index contributed by atoms with van der Waals surface area (Å²) in [5.41, 5.74) is 1.26. The second kappa shape index (κ2) is 4.12. The van der Waals surface area contributed by atoms with Crippen LogP contribution in [-0.4, -0.2) is 16.1 Å². The van der Waals surface area contributed by atoms with Gasteiger partial charge in [0.25, 0.3) is 0 Å². The molecule has 1 saturated carbocycles. The topological polar surface area (TPSA) is 63.3 Å². The Labute approximate surface area is 105 Å². The van der Waals surface area contributed by atoms with E-state index in [2.05, 4.69) is 11.9 Å². The Morgan fingerprint density at radius 1 is 1.44 bits per heavy atom. The number of carboxylic acids is 1. The molecule has 1 aliphatic carbocycles. The summed E-state index contributed by atoms with van der Waals surface area (Å²) in [6.45, 7) is 2.20. The highest BCUT2D eigenvalue weighted by Crippen LogP contribution is 2.39. The first-order chi connectivity index (χ1) is 8.66. The highest BCUT2D eigenvalue weighted by Gasteiger charge is 2.29. The van der Waals surface area contributed by atoms with Gasteiger partial charge in [0.05, 0.1) is 5.56 Å². The minimum Gasteiger partial charge on any atom is -0.478 e. The fourth-order valence-corrected chi connectivity index (χ4v) is 2.81. The van der Waals surface area contributed by atoms with Crippen molar-refractivity contribution < 1.29 is 14.3 Å². The van der Waals surface area contributed by atoms with E-state index < -0.39 is 5.97 Å². The van der Waals surface area contributed by atoms with Gasteiger partial charge in [0.1, 0.15) is 5.52 Å². The maximum Gasteiger partial charge on any atom is 0.338 e. The van der Waals surface area contributed by atoms with Crippen LogP contribution in [0.1, 0.15) is 48.4 Å². The highest BCUT2D eigenvalue weighted by atomic mass is 16.4. The zero-order valence-corrected chi connectivity index (χ0v) is 10.2. The van der Waals surface area contributed by atoms with Gasteiger partial charge in [-0.2, -0.15) is 0 Å². The molecule has 2 aromatic rings. The van der Waals surface area contributed by atoms with E-state index in [0.717, 1.165) is 6.42 Å². The number of aromatic carboxylic acids is 1. The molecule has 1 N–H and O–H groups in total. The van der Waals surface area contributed by atoms with E-state index in [9.17, 15) is 4.79 Å². The first-order valence-electron chi connectivity index (χ1n) is 6.29. The Bertz CT molecular complexity index is 602. The monoisotopic (exact) mass is 245 g/mol. The number of aromatic nitrogens is 1. The van der Waals surface area contributed by atoms with Crippen LogP contribution in [0, 0.1) is 5.92 Å². The van der Waals surface area contributed by atoms with Crippen molar-refractivity contribution in [1.29, 1.82) is 0 Å². The van der Waals surface area contributed by atoms with Crippen LogP contribution >= 0.6 is 0 Å². The quantitative estimate of drug-likeness (QED) is 0.880. The van der Waals surface area contributed by atoms with E-state index in [-0.39, 0.29) is 5.56 Å². The second-order valence-electron chi connectivity index (χ2n) is 5.02. The molecule has 2 unspecified atom stereocenters. The number of hydrogen-bond acceptors (Lipinski definition) is 3. The molecule has 1 aromatic heterocycles. The van der Waals surface area contributed by atoms with Gasteiger partial charge in [-0.1, -0.05) is 19.4 Å². The summed E-state index contributed by atoms with van der Waals surface area (Å²) >= 11 is 0. The van der Waals surface area contributed by atoms with Gasteiger partial charge in [-0.25, -0.2) is 9.78 Å². The minimum atomic E-state index is -0.958. The van der Waals surface area contributed by atoms with E-state index in [4.69, 9.17) is 9.52 Å². The predicted molar refractivity (Wildman–Crippen MR) is 66.7 cm³/mol. The van der Waals surface area contributed by atoms with E-state index in [0.29, 0.717) is 28.8 Å². The summed E-state index contributed by atoms with van der Waals surface area (Å²) in [7, 11) is 0. The first-order valence-corrected chi connectivity index (χ1v) is 6.29. The van der Waals surface area contributed by atoms with Crippen molar-refractivity contribution in [1.82, 2.24) is 4.98 Å². The van der Waals surface area contributed by atoms with Gasteiger partial charge in [0.2, 0.25) is 0 Å². The molecular formula is C14H15NO3. The molecule has 0 saturated heterocycles. The summed E-state index contributed by atoms with van der Waals surface area (Å²) < 4.78 is 5.74. The van der Waals surface area contributed by atoms with Crippen molar-refractivity contribution in [3.63, 3.8) is 0 Å². The molecule has 0 aliphatic heterocycles. The highest BCUT2D eigenvalue weighted by molar-refractivity contribution is 6.00. The molecule has 1 heterocycles. The molecule has 0 spiro atoms. The molecule has 4 heteroatoms. The van der Waals surface area contributed by atoms with Crippen LogP contribution < -0.4 is 0 Å². The SMILES string of the molecule is CC1CCCC1c1nc2c(C(=O)O)cccc2o1. The molecule has 1 aliphatic rings. The maximum atomic E-state index is 11.1. The minimum absolute atomic E-state index is 0.216. The number of hydrogen-bond donors (Lipinski definition) is 1. The molecule has 0 radical (unpaired) electrons. The smallest absolute Gasteiger partial charge is 0.338 e. The molecule has 3 rings (SSSR count). The van der Waals surface area contributed by atoms with Crippen LogP contribution in [0.5, 0.6) is 0 Å². The van der Waals surface area contributed by atoms with Gasteiger partial charge in [0, 0.05) is 5.92 Å². The molecule has 0 bridgehead atoms. The Balaban J connectivity index is 2.11. The molecule has 4 nitrogen and oxygen atoms in total.